The highest BCUT2D eigenvalue weighted by Gasteiger charge is 2.17. The zero-order chi connectivity index (χ0) is 14.8. The van der Waals surface area contributed by atoms with Crippen LogP contribution in [0.15, 0.2) is 47.4 Å². The van der Waals surface area contributed by atoms with Crippen LogP contribution in [0.5, 0.6) is 0 Å². The zero-order valence-corrected chi connectivity index (χ0v) is 11.4. The molecular formula is C14H12FNO3S. The first-order valence-corrected chi connectivity index (χ1v) is 7.25. The molecule has 0 fully saturated rings. The number of carbonyl (C=O) groups is 1. The van der Waals surface area contributed by atoms with Gasteiger partial charge in [-0.2, -0.15) is 0 Å². The topological polar surface area (TPSA) is 63.2 Å². The summed E-state index contributed by atoms with van der Waals surface area (Å²) in [6, 6.07) is 9.49. The van der Waals surface area contributed by atoms with Crippen molar-refractivity contribution in [2.45, 2.75) is 11.8 Å². The molecule has 0 aliphatic heterocycles. The van der Waals surface area contributed by atoms with Crippen molar-refractivity contribution in [1.29, 1.82) is 0 Å². The van der Waals surface area contributed by atoms with Gasteiger partial charge >= 0.3 is 0 Å². The van der Waals surface area contributed by atoms with E-state index in [2.05, 4.69) is 4.72 Å². The van der Waals surface area contributed by atoms with E-state index in [0.29, 0.717) is 23.1 Å². The summed E-state index contributed by atoms with van der Waals surface area (Å²) in [7, 11) is -3.86. The molecule has 20 heavy (non-hydrogen) atoms. The highest BCUT2D eigenvalue weighted by molar-refractivity contribution is 7.92. The minimum atomic E-state index is -3.86. The van der Waals surface area contributed by atoms with Crippen LogP contribution in [0, 0.1) is 12.7 Å². The first-order valence-electron chi connectivity index (χ1n) is 5.76. The molecule has 1 N–H and O–H groups in total. The lowest BCUT2D eigenvalue weighted by Gasteiger charge is -2.10. The highest BCUT2D eigenvalue weighted by atomic mass is 32.2. The largest absolute Gasteiger partial charge is 0.298 e. The summed E-state index contributed by atoms with van der Waals surface area (Å²) in [5, 5.41) is 0. The first-order chi connectivity index (χ1) is 9.42. The van der Waals surface area contributed by atoms with Gasteiger partial charge in [0.1, 0.15) is 12.1 Å². The average Bonchev–Trinajstić information content (AvgIpc) is 2.42. The van der Waals surface area contributed by atoms with Crippen LogP contribution in [0.1, 0.15) is 15.9 Å². The molecule has 0 unspecified atom stereocenters. The summed E-state index contributed by atoms with van der Waals surface area (Å²) in [6.45, 7) is 1.59. The lowest BCUT2D eigenvalue weighted by atomic mass is 10.2. The van der Waals surface area contributed by atoms with E-state index in [1.807, 2.05) is 0 Å². The van der Waals surface area contributed by atoms with Gasteiger partial charge in [0, 0.05) is 11.3 Å². The third-order valence-corrected chi connectivity index (χ3v) is 4.26. The number of rotatable bonds is 4. The van der Waals surface area contributed by atoms with Gasteiger partial charge in [-0.1, -0.05) is 6.07 Å². The summed E-state index contributed by atoms with van der Waals surface area (Å²) in [4.78, 5) is 10.4. The van der Waals surface area contributed by atoms with E-state index in [1.54, 1.807) is 6.92 Å². The number of aldehydes is 1. The van der Waals surface area contributed by atoms with Crippen LogP contribution >= 0.6 is 0 Å². The average molecular weight is 293 g/mol. The molecule has 6 heteroatoms. The van der Waals surface area contributed by atoms with Crippen molar-refractivity contribution in [3.8, 4) is 0 Å². The third-order valence-electron chi connectivity index (χ3n) is 2.74. The molecule has 0 radical (unpaired) electrons. The van der Waals surface area contributed by atoms with Gasteiger partial charge in [0.05, 0.1) is 4.90 Å². The Morgan fingerprint density at radius 2 is 1.75 bits per heavy atom. The molecule has 0 aliphatic carbocycles. The quantitative estimate of drug-likeness (QED) is 0.882. The predicted molar refractivity (Wildman–Crippen MR) is 73.8 cm³/mol. The van der Waals surface area contributed by atoms with E-state index in [1.165, 1.54) is 36.4 Å². The van der Waals surface area contributed by atoms with E-state index in [4.69, 9.17) is 0 Å². The second-order valence-corrected chi connectivity index (χ2v) is 5.91. The van der Waals surface area contributed by atoms with Gasteiger partial charge < -0.3 is 0 Å². The second-order valence-electron chi connectivity index (χ2n) is 4.26. The lowest BCUT2D eigenvalue weighted by molar-refractivity contribution is 0.112. The molecule has 0 amide bonds. The van der Waals surface area contributed by atoms with Crippen molar-refractivity contribution in [1.82, 2.24) is 0 Å². The van der Waals surface area contributed by atoms with Crippen molar-refractivity contribution in [2.24, 2.45) is 0 Å². The van der Waals surface area contributed by atoms with Gasteiger partial charge in [0.25, 0.3) is 10.0 Å². The van der Waals surface area contributed by atoms with E-state index in [9.17, 15) is 17.6 Å². The lowest BCUT2D eigenvalue weighted by Crippen LogP contribution is -2.14. The summed E-state index contributed by atoms with van der Waals surface area (Å²) in [5.41, 5.74) is 1.19. The van der Waals surface area contributed by atoms with Crippen LogP contribution in [0.3, 0.4) is 0 Å². The Kier molecular flexibility index (Phi) is 3.85. The van der Waals surface area contributed by atoms with Crippen LogP contribution in [-0.4, -0.2) is 14.7 Å². The van der Waals surface area contributed by atoms with Crippen molar-refractivity contribution < 1.29 is 17.6 Å². The molecule has 2 rings (SSSR count). The smallest absolute Gasteiger partial charge is 0.262 e. The summed E-state index contributed by atoms with van der Waals surface area (Å²) in [6.07, 6.45) is 0.662. The summed E-state index contributed by atoms with van der Waals surface area (Å²) >= 11 is 0. The first kappa shape index (κ1) is 14.2. The molecule has 0 saturated heterocycles. The molecule has 2 aromatic carbocycles. The SMILES string of the molecule is Cc1ccc(F)cc1S(=O)(=O)Nc1ccc(C=O)cc1. The third kappa shape index (κ3) is 3.03. The molecule has 0 atom stereocenters. The van der Waals surface area contributed by atoms with Gasteiger partial charge in [0.2, 0.25) is 0 Å². The normalized spacial score (nSPS) is 11.1. The molecule has 0 spiro atoms. The number of sulfonamides is 1. The number of aryl methyl sites for hydroxylation is 1. The molecule has 0 aliphatic rings. The minimum Gasteiger partial charge on any atom is -0.298 e. The van der Waals surface area contributed by atoms with E-state index >= 15 is 0 Å². The molecule has 4 nitrogen and oxygen atoms in total. The van der Waals surface area contributed by atoms with Gasteiger partial charge in [-0.25, -0.2) is 12.8 Å². The maximum atomic E-state index is 13.2. The Labute approximate surface area is 116 Å². The van der Waals surface area contributed by atoms with Crippen LogP contribution in [0.25, 0.3) is 0 Å². The Bertz CT molecular complexity index is 740. The van der Waals surface area contributed by atoms with Gasteiger partial charge in [-0.15, -0.1) is 0 Å². The second kappa shape index (κ2) is 5.42. The number of anilines is 1. The summed E-state index contributed by atoms with van der Waals surface area (Å²) in [5.74, 6) is -0.618. The van der Waals surface area contributed by atoms with Crippen LogP contribution in [0.2, 0.25) is 0 Å². The molecule has 2 aromatic rings. The Morgan fingerprint density at radius 1 is 1.10 bits per heavy atom. The Balaban J connectivity index is 2.35. The Morgan fingerprint density at radius 3 is 2.35 bits per heavy atom. The molecular weight excluding hydrogens is 281 g/mol. The number of carbonyl (C=O) groups excluding carboxylic acids is 1. The number of halogens is 1. The van der Waals surface area contributed by atoms with Crippen molar-refractivity contribution >= 4 is 22.0 Å². The van der Waals surface area contributed by atoms with Gasteiger partial charge in [-0.3, -0.25) is 9.52 Å². The van der Waals surface area contributed by atoms with Crippen LogP contribution in [-0.2, 0) is 10.0 Å². The van der Waals surface area contributed by atoms with E-state index < -0.39 is 15.8 Å². The molecule has 0 aromatic heterocycles. The van der Waals surface area contributed by atoms with Gasteiger partial charge in [0.15, 0.2) is 0 Å². The monoisotopic (exact) mass is 293 g/mol. The molecule has 104 valence electrons. The van der Waals surface area contributed by atoms with Crippen molar-refractivity contribution in [3.63, 3.8) is 0 Å². The minimum absolute atomic E-state index is 0.114. The fourth-order valence-corrected chi connectivity index (χ4v) is 3.02. The van der Waals surface area contributed by atoms with Crippen LogP contribution in [0.4, 0.5) is 10.1 Å². The highest BCUT2D eigenvalue weighted by Crippen LogP contribution is 2.20. The number of nitrogens with one attached hydrogen (secondary N) is 1. The standard InChI is InChI=1S/C14H12FNO3S/c1-10-2-5-12(15)8-14(10)20(18,19)16-13-6-3-11(9-17)4-7-13/h2-9,16H,1H3. The van der Waals surface area contributed by atoms with Crippen molar-refractivity contribution in [2.75, 3.05) is 4.72 Å². The fourth-order valence-electron chi connectivity index (χ4n) is 1.70. The summed E-state index contributed by atoms with van der Waals surface area (Å²) < 4.78 is 39.9. The predicted octanol–water partition coefficient (Wildman–Crippen LogP) is 2.75. The number of hydrogen-bond acceptors (Lipinski definition) is 3. The molecule has 0 saturated carbocycles. The Hall–Kier alpha value is -2.21. The van der Waals surface area contributed by atoms with Crippen molar-refractivity contribution in [3.05, 3.63) is 59.4 Å². The number of hydrogen-bond donors (Lipinski definition) is 1. The number of benzene rings is 2. The zero-order valence-electron chi connectivity index (χ0n) is 10.6. The van der Waals surface area contributed by atoms with E-state index in [0.717, 1.165) is 6.07 Å². The van der Waals surface area contributed by atoms with Gasteiger partial charge in [-0.05, 0) is 48.9 Å². The van der Waals surface area contributed by atoms with Crippen LogP contribution < -0.4 is 4.72 Å². The molecule has 0 heterocycles. The van der Waals surface area contributed by atoms with E-state index in [-0.39, 0.29) is 4.90 Å². The maximum absolute atomic E-state index is 13.2. The maximum Gasteiger partial charge on any atom is 0.262 e. The fraction of sp³-hybridized carbons (Fsp3) is 0.0714. The molecule has 0 bridgehead atoms.